The normalized spacial score (nSPS) is 10.9. The molecule has 0 atom stereocenters. The molecular formula is C13H19N. The molecule has 1 N–H and O–H groups in total. The zero-order valence-electron chi connectivity index (χ0n) is 8.87. The third-order valence-electron chi connectivity index (χ3n) is 2.02. The third kappa shape index (κ3) is 4.83. The van der Waals surface area contributed by atoms with Gasteiger partial charge in [-0.1, -0.05) is 49.4 Å². The SMILES string of the molecule is CCCNCC/C=C/c1ccccc1. The van der Waals surface area contributed by atoms with E-state index < -0.39 is 0 Å². The lowest BCUT2D eigenvalue weighted by molar-refractivity contribution is 0.679. The largest absolute Gasteiger partial charge is 0.316 e. The van der Waals surface area contributed by atoms with Crippen LogP contribution in [0.1, 0.15) is 25.3 Å². The first-order valence-electron chi connectivity index (χ1n) is 5.36. The first-order valence-corrected chi connectivity index (χ1v) is 5.36. The molecule has 0 heterocycles. The molecule has 0 aliphatic heterocycles. The van der Waals surface area contributed by atoms with E-state index in [0.717, 1.165) is 19.5 Å². The van der Waals surface area contributed by atoms with Crippen LogP contribution in [-0.2, 0) is 0 Å². The second-order valence-corrected chi connectivity index (χ2v) is 3.35. The van der Waals surface area contributed by atoms with Crippen molar-refractivity contribution in [3.8, 4) is 0 Å². The number of benzene rings is 1. The fourth-order valence-corrected chi connectivity index (χ4v) is 1.27. The quantitative estimate of drug-likeness (QED) is 0.678. The van der Waals surface area contributed by atoms with Crippen LogP contribution in [-0.4, -0.2) is 13.1 Å². The lowest BCUT2D eigenvalue weighted by atomic mass is 10.2. The minimum atomic E-state index is 1.08. The molecule has 0 aliphatic rings. The van der Waals surface area contributed by atoms with E-state index in [4.69, 9.17) is 0 Å². The molecule has 1 nitrogen and oxygen atoms in total. The molecule has 1 rings (SSSR count). The van der Waals surface area contributed by atoms with E-state index in [9.17, 15) is 0 Å². The second-order valence-electron chi connectivity index (χ2n) is 3.35. The van der Waals surface area contributed by atoms with Gasteiger partial charge < -0.3 is 5.32 Å². The highest BCUT2D eigenvalue weighted by Gasteiger charge is 1.83. The molecule has 0 spiro atoms. The van der Waals surface area contributed by atoms with Crippen molar-refractivity contribution in [3.05, 3.63) is 42.0 Å². The molecule has 0 bridgehead atoms. The maximum Gasteiger partial charge on any atom is -0.00142 e. The smallest absolute Gasteiger partial charge is 0.00142 e. The molecule has 0 unspecified atom stereocenters. The summed E-state index contributed by atoms with van der Waals surface area (Å²) < 4.78 is 0. The zero-order valence-corrected chi connectivity index (χ0v) is 8.87. The van der Waals surface area contributed by atoms with Crippen molar-refractivity contribution in [1.29, 1.82) is 0 Å². The Balaban J connectivity index is 2.15. The highest BCUT2D eigenvalue weighted by Crippen LogP contribution is 2.01. The van der Waals surface area contributed by atoms with Gasteiger partial charge in [0, 0.05) is 0 Å². The Kier molecular flexibility index (Phi) is 5.76. The molecule has 1 aromatic carbocycles. The van der Waals surface area contributed by atoms with Gasteiger partial charge in [-0.2, -0.15) is 0 Å². The molecule has 0 saturated carbocycles. The zero-order chi connectivity index (χ0) is 10.1. The van der Waals surface area contributed by atoms with Gasteiger partial charge in [-0.25, -0.2) is 0 Å². The predicted molar refractivity (Wildman–Crippen MR) is 63.3 cm³/mol. The lowest BCUT2D eigenvalue weighted by Crippen LogP contribution is -2.14. The minimum Gasteiger partial charge on any atom is -0.316 e. The molecule has 0 aromatic heterocycles. The van der Waals surface area contributed by atoms with Crippen molar-refractivity contribution in [1.82, 2.24) is 5.32 Å². The van der Waals surface area contributed by atoms with Crippen LogP contribution in [0.4, 0.5) is 0 Å². The number of hydrogen-bond acceptors (Lipinski definition) is 1. The summed E-state index contributed by atoms with van der Waals surface area (Å²) in [7, 11) is 0. The number of hydrogen-bond donors (Lipinski definition) is 1. The van der Waals surface area contributed by atoms with Crippen LogP contribution in [0.15, 0.2) is 36.4 Å². The van der Waals surface area contributed by atoms with Crippen LogP contribution >= 0.6 is 0 Å². The Labute approximate surface area is 86.8 Å². The van der Waals surface area contributed by atoms with Gasteiger partial charge in [0.2, 0.25) is 0 Å². The summed E-state index contributed by atoms with van der Waals surface area (Å²) in [4.78, 5) is 0. The van der Waals surface area contributed by atoms with Gasteiger partial charge in [0.05, 0.1) is 0 Å². The molecule has 0 fully saturated rings. The molecule has 0 amide bonds. The summed E-state index contributed by atoms with van der Waals surface area (Å²) in [6.07, 6.45) is 6.71. The van der Waals surface area contributed by atoms with Gasteiger partial charge in [0.15, 0.2) is 0 Å². The van der Waals surface area contributed by atoms with Crippen molar-refractivity contribution < 1.29 is 0 Å². The standard InChI is InChI=1S/C13H19N/c1-2-11-14-12-7-6-10-13-8-4-3-5-9-13/h3-6,8-10,14H,2,7,11-12H2,1H3/b10-6+. The summed E-state index contributed by atoms with van der Waals surface area (Å²) in [5.74, 6) is 0. The van der Waals surface area contributed by atoms with Crippen molar-refractivity contribution >= 4 is 6.08 Å². The van der Waals surface area contributed by atoms with Gasteiger partial charge in [0.1, 0.15) is 0 Å². The van der Waals surface area contributed by atoms with Crippen molar-refractivity contribution in [2.75, 3.05) is 13.1 Å². The molecule has 0 aliphatic carbocycles. The fraction of sp³-hybridized carbons (Fsp3) is 0.385. The maximum absolute atomic E-state index is 3.37. The third-order valence-corrected chi connectivity index (χ3v) is 2.02. The van der Waals surface area contributed by atoms with Gasteiger partial charge in [-0.3, -0.25) is 0 Å². The topological polar surface area (TPSA) is 12.0 Å². The van der Waals surface area contributed by atoms with Gasteiger partial charge in [-0.05, 0) is 31.5 Å². The van der Waals surface area contributed by atoms with E-state index in [1.807, 2.05) is 6.07 Å². The predicted octanol–water partition coefficient (Wildman–Crippen LogP) is 3.09. The molecular weight excluding hydrogens is 170 g/mol. The summed E-state index contributed by atoms with van der Waals surface area (Å²) in [5, 5.41) is 3.37. The molecule has 0 radical (unpaired) electrons. The van der Waals surface area contributed by atoms with Gasteiger partial charge >= 0.3 is 0 Å². The molecule has 14 heavy (non-hydrogen) atoms. The first-order chi connectivity index (χ1) is 6.93. The van der Waals surface area contributed by atoms with Gasteiger partial charge in [0.25, 0.3) is 0 Å². The van der Waals surface area contributed by atoms with Crippen LogP contribution in [0.5, 0.6) is 0 Å². The Morgan fingerprint density at radius 3 is 2.64 bits per heavy atom. The summed E-state index contributed by atoms with van der Waals surface area (Å²) in [6, 6.07) is 10.4. The van der Waals surface area contributed by atoms with E-state index in [0.29, 0.717) is 0 Å². The Morgan fingerprint density at radius 2 is 1.93 bits per heavy atom. The number of rotatable bonds is 6. The average molecular weight is 189 g/mol. The van der Waals surface area contributed by atoms with E-state index >= 15 is 0 Å². The molecule has 1 heteroatoms. The second kappa shape index (κ2) is 7.34. The Bertz CT molecular complexity index is 251. The van der Waals surface area contributed by atoms with Crippen LogP contribution in [0.25, 0.3) is 6.08 Å². The van der Waals surface area contributed by atoms with E-state index in [1.165, 1.54) is 12.0 Å². The Hall–Kier alpha value is -1.08. The van der Waals surface area contributed by atoms with E-state index in [-0.39, 0.29) is 0 Å². The summed E-state index contributed by atoms with van der Waals surface area (Å²) in [6.45, 7) is 4.39. The van der Waals surface area contributed by atoms with Crippen LogP contribution in [0, 0.1) is 0 Å². The maximum atomic E-state index is 3.37. The van der Waals surface area contributed by atoms with Crippen molar-refractivity contribution in [2.24, 2.45) is 0 Å². The lowest BCUT2D eigenvalue weighted by Gasteiger charge is -1.98. The van der Waals surface area contributed by atoms with Crippen LogP contribution < -0.4 is 5.32 Å². The molecule has 0 saturated heterocycles. The van der Waals surface area contributed by atoms with Crippen LogP contribution in [0.2, 0.25) is 0 Å². The van der Waals surface area contributed by atoms with Crippen LogP contribution in [0.3, 0.4) is 0 Å². The van der Waals surface area contributed by atoms with Gasteiger partial charge in [-0.15, -0.1) is 0 Å². The Morgan fingerprint density at radius 1 is 1.14 bits per heavy atom. The highest BCUT2D eigenvalue weighted by atomic mass is 14.8. The van der Waals surface area contributed by atoms with Crippen molar-refractivity contribution in [2.45, 2.75) is 19.8 Å². The number of nitrogens with one attached hydrogen (secondary N) is 1. The van der Waals surface area contributed by atoms with Crippen molar-refractivity contribution in [3.63, 3.8) is 0 Å². The fourth-order valence-electron chi connectivity index (χ4n) is 1.27. The average Bonchev–Trinajstić information content (AvgIpc) is 2.25. The monoisotopic (exact) mass is 189 g/mol. The van der Waals surface area contributed by atoms with E-state index in [2.05, 4.69) is 48.7 Å². The first kappa shape index (κ1) is 11.0. The van der Waals surface area contributed by atoms with E-state index in [1.54, 1.807) is 0 Å². The summed E-state index contributed by atoms with van der Waals surface area (Å²) in [5.41, 5.74) is 1.28. The minimum absolute atomic E-state index is 1.08. The molecule has 1 aromatic rings. The molecule has 76 valence electrons. The highest BCUT2D eigenvalue weighted by molar-refractivity contribution is 5.48. The summed E-state index contributed by atoms with van der Waals surface area (Å²) >= 11 is 0.